The summed E-state index contributed by atoms with van der Waals surface area (Å²) >= 11 is 1.90. The molecule has 1 rings (SSSR count). The SMILES string of the molecule is CCCCN1C=CCS1. The summed E-state index contributed by atoms with van der Waals surface area (Å²) in [7, 11) is 0. The Morgan fingerprint density at radius 2 is 2.56 bits per heavy atom. The molecule has 9 heavy (non-hydrogen) atoms. The van der Waals surface area contributed by atoms with E-state index in [1.165, 1.54) is 25.1 Å². The van der Waals surface area contributed by atoms with Crippen LogP contribution in [-0.4, -0.2) is 16.6 Å². The normalized spacial score (nSPS) is 17.2. The average Bonchev–Trinajstić information content (AvgIpc) is 2.34. The molecule has 0 spiro atoms. The molecule has 0 aromatic carbocycles. The zero-order valence-corrected chi connectivity index (χ0v) is 6.66. The van der Waals surface area contributed by atoms with Crippen molar-refractivity contribution in [2.75, 3.05) is 12.3 Å². The Bertz CT molecular complexity index is 101. The topological polar surface area (TPSA) is 3.24 Å². The van der Waals surface area contributed by atoms with E-state index in [4.69, 9.17) is 0 Å². The van der Waals surface area contributed by atoms with Gasteiger partial charge in [-0.3, -0.25) is 0 Å². The Hall–Kier alpha value is -0.110. The second kappa shape index (κ2) is 3.83. The summed E-state index contributed by atoms with van der Waals surface area (Å²) in [6.45, 7) is 3.45. The zero-order chi connectivity index (χ0) is 6.53. The molecule has 0 fully saturated rings. The second-order valence-corrected chi connectivity index (χ2v) is 3.24. The number of unbranched alkanes of at least 4 members (excludes halogenated alkanes) is 1. The van der Waals surface area contributed by atoms with Crippen LogP contribution in [0, 0.1) is 0 Å². The molecule has 0 unspecified atom stereocenters. The van der Waals surface area contributed by atoms with Crippen LogP contribution in [0.3, 0.4) is 0 Å². The minimum atomic E-state index is 1.17. The molecule has 0 saturated heterocycles. The molecule has 2 heteroatoms. The molecule has 0 aliphatic carbocycles. The fourth-order valence-corrected chi connectivity index (χ4v) is 1.59. The number of rotatable bonds is 3. The van der Waals surface area contributed by atoms with Gasteiger partial charge in [0.15, 0.2) is 0 Å². The predicted octanol–water partition coefficient (Wildman–Crippen LogP) is 2.26. The lowest BCUT2D eigenvalue weighted by Gasteiger charge is -2.11. The third-order valence-electron chi connectivity index (χ3n) is 1.34. The largest absolute Gasteiger partial charge is 0.323 e. The van der Waals surface area contributed by atoms with Crippen LogP contribution in [0.25, 0.3) is 0 Å². The van der Waals surface area contributed by atoms with Gasteiger partial charge in [0.05, 0.1) is 0 Å². The molecule has 1 aliphatic heterocycles. The maximum atomic E-state index is 2.31. The molecule has 1 nitrogen and oxygen atoms in total. The molecular formula is C7H13NS. The summed E-state index contributed by atoms with van der Waals surface area (Å²) in [5, 5.41) is 0. The van der Waals surface area contributed by atoms with Crippen molar-refractivity contribution >= 4 is 11.9 Å². The summed E-state index contributed by atoms with van der Waals surface area (Å²) in [6, 6.07) is 0. The Morgan fingerprint density at radius 3 is 3.11 bits per heavy atom. The fourth-order valence-electron chi connectivity index (χ4n) is 0.795. The monoisotopic (exact) mass is 143 g/mol. The average molecular weight is 143 g/mol. The summed E-state index contributed by atoms with van der Waals surface area (Å²) in [5.74, 6) is 1.17. The van der Waals surface area contributed by atoms with Gasteiger partial charge < -0.3 is 4.31 Å². The highest BCUT2D eigenvalue weighted by molar-refractivity contribution is 7.97. The van der Waals surface area contributed by atoms with Gasteiger partial charge in [0, 0.05) is 18.5 Å². The maximum absolute atomic E-state index is 2.31. The molecule has 0 atom stereocenters. The fraction of sp³-hybridized carbons (Fsp3) is 0.714. The number of nitrogens with zero attached hydrogens (tertiary/aromatic N) is 1. The van der Waals surface area contributed by atoms with E-state index in [0.29, 0.717) is 0 Å². The van der Waals surface area contributed by atoms with Gasteiger partial charge in [-0.15, -0.1) is 0 Å². The predicted molar refractivity (Wildman–Crippen MR) is 43.2 cm³/mol. The van der Waals surface area contributed by atoms with Crippen molar-refractivity contribution in [2.45, 2.75) is 19.8 Å². The standard InChI is InChI=1S/C7H13NS/c1-2-3-5-8-6-4-7-9-8/h4,6H,2-3,5,7H2,1H3. The minimum absolute atomic E-state index is 1.17. The third kappa shape index (κ3) is 2.31. The van der Waals surface area contributed by atoms with Crippen molar-refractivity contribution < 1.29 is 0 Å². The van der Waals surface area contributed by atoms with Crippen LogP contribution in [-0.2, 0) is 0 Å². The molecule has 0 amide bonds. The van der Waals surface area contributed by atoms with Crippen LogP contribution < -0.4 is 0 Å². The second-order valence-electron chi connectivity index (χ2n) is 2.17. The van der Waals surface area contributed by atoms with Gasteiger partial charge in [-0.05, 0) is 18.4 Å². The van der Waals surface area contributed by atoms with E-state index in [2.05, 4.69) is 23.5 Å². The van der Waals surface area contributed by atoms with Crippen LogP contribution in [0.15, 0.2) is 12.3 Å². The van der Waals surface area contributed by atoms with Crippen LogP contribution in [0.1, 0.15) is 19.8 Å². The van der Waals surface area contributed by atoms with E-state index >= 15 is 0 Å². The van der Waals surface area contributed by atoms with E-state index < -0.39 is 0 Å². The first kappa shape index (κ1) is 7.00. The Kier molecular flexibility index (Phi) is 2.98. The number of hydrogen-bond donors (Lipinski definition) is 0. The molecule has 0 bridgehead atoms. The van der Waals surface area contributed by atoms with Crippen molar-refractivity contribution in [3.8, 4) is 0 Å². The van der Waals surface area contributed by atoms with Gasteiger partial charge in [-0.2, -0.15) is 0 Å². The lowest BCUT2D eigenvalue weighted by molar-refractivity contribution is 0.585. The quantitative estimate of drug-likeness (QED) is 0.557. The van der Waals surface area contributed by atoms with Gasteiger partial charge >= 0.3 is 0 Å². The molecule has 0 aromatic heterocycles. The first-order chi connectivity index (χ1) is 4.43. The minimum Gasteiger partial charge on any atom is -0.323 e. The molecule has 0 aromatic rings. The molecular weight excluding hydrogens is 130 g/mol. The van der Waals surface area contributed by atoms with E-state index in [0.717, 1.165) is 0 Å². The third-order valence-corrected chi connectivity index (χ3v) is 2.32. The van der Waals surface area contributed by atoms with Crippen molar-refractivity contribution in [1.82, 2.24) is 4.31 Å². The van der Waals surface area contributed by atoms with Gasteiger partial charge in [0.2, 0.25) is 0 Å². The van der Waals surface area contributed by atoms with Gasteiger partial charge in [0.25, 0.3) is 0 Å². The van der Waals surface area contributed by atoms with Crippen molar-refractivity contribution in [3.05, 3.63) is 12.3 Å². The van der Waals surface area contributed by atoms with Crippen LogP contribution >= 0.6 is 11.9 Å². The van der Waals surface area contributed by atoms with Crippen molar-refractivity contribution in [2.24, 2.45) is 0 Å². The molecule has 0 radical (unpaired) electrons. The summed E-state index contributed by atoms with van der Waals surface area (Å²) in [5.41, 5.74) is 0. The molecule has 1 heterocycles. The maximum Gasteiger partial charge on any atom is 0.0331 e. The van der Waals surface area contributed by atoms with E-state index in [1.54, 1.807) is 0 Å². The Balaban J connectivity index is 2.05. The first-order valence-corrected chi connectivity index (χ1v) is 4.44. The summed E-state index contributed by atoms with van der Waals surface area (Å²) in [4.78, 5) is 0. The highest BCUT2D eigenvalue weighted by Gasteiger charge is 2.01. The van der Waals surface area contributed by atoms with Gasteiger partial charge in [-0.25, -0.2) is 0 Å². The van der Waals surface area contributed by atoms with Gasteiger partial charge in [0.1, 0.15) is 0 Å². The molecule has 0 N–H and O–H groups in total. The first-order valence-electron chi connectivity index (χ1n) is 3.49. The summed E-state index contributed by atoms with van der Waals surface area (Å²) < 4.78 is 2.31. The van der Waals surface area contributed by atoms with E-state index in [-0.39, 0.29) is 0 Å². The van der Waals surface area contributed by atoms with E-state index in [9.17, 15) is 0 Å². The van der Waals surface area contributed by atoms with Crippen LogP contribution in [0.5, 0.6) is 0 Å². The zero-order valence-electron chi connectivity index (χ0n) is 5.84. The highest BCUT2D eigenvalue weighted by Crippen LogP contribution is 2.17. The van der Waals surface area contributed by atoms with Crippen molar-refractivity contribution in [1.29, 1.82) is 0 Å². The molecule has 0 saturated carbocycles. The summed E-state index contributed by atoms with van der Waals surface area (Å²) in [6.07, 6.45) is 7.00. The Labute approximate surface area is 61.3 Å². The Morgan fingerprint density at radius 1 is 1.67 bits per heavy atom. The molecule has 52 valence electrons. The van der Waals surface area contributed by atoms with Crippen LogP contribution in [0.2, 0.25) is 0 Å². The van der Waals surface area contributed by atoms with Crippen molar-refractivity contribution in [3.63, 3.8) is 0 Å². The smallest absolute Gasteiger partial charge is 0.0331 e. The number of hydrogen-bond acceptors (Lipinski definition) is 2. The van der Waals surface area contributed by atoms with E-state index in [1.807, 2.05) is 11.9 Å². The van der Waals surface area contributed by atoms with Crippen LogP contribution in [0.4, 0.5) is 0 Å². The lowest BCUT2D eigenvalue weighted by Crippen LogP contribution is -2.05. The lowest BCUT2D eigenvalue weighted by atomic mass is 10.3. The molecule has 1 aliphatic rings. The van der Waals surface area contributed by atoms with Gasteiger partial charge in [-0.1, -0.05) is 19.4 Å². The highest BCUT2D eigenvalue weighted by atomic mass is 32.2.